The van der Waals surface area contributed by atoms with Gasteiger partial charge in [0.2, 0.25) is 0 Å². The van der Waals surface area contributed by atoms with E-state index in [0.29, 0.717) is 6.42 Å². The molecular formula is C19H15BrFNO2. The van der Waals surface area contributed by atoms with Gasteiger partial charge in [0.25, 0.3) is 0 Å². The van der Waals surface area contributed by atoms with Crippen molar-refractivity contribution in [3.8, 4) is 16.9 Å². The van der Waals surface area contributed by atoms with E-state index in [4.69, 9.17) is 5.11 Å². The van der Waals surface area contributed by atoms with Gasteiger partial charge in [-0.05, 0) is 72.6 Å². The van der Waals surface area contributed by atoms with Crippen molar-refractivity contribution in [2.75, 3.05) is 0 Å². The average Bonchev–Trinajstić information content (AvgIpc) is 2.98. The summed E-state index contributed by atoms with van der Waals surface area (Å²) in [6.07, 6.45) is 0.482. The molecule has 3 aromatic rings. The number of hydrogen-bond donors (Lipinski definition) is 1. The molecule has 3 nitrogen and oxygen atoms in total. The van der Waals surface area contributed by atoms with Crippen molar-refractivity contribution in [1.82, 2.24) is 4.57 Å². The number of rotatable bonds is 5. The van der Waals surface area contributed by atoms with Crippen LogP contribution in [0.25, 0.3) is 16.9 Å². The summed E-state index contributed by atoms with van der Waals surface area (Å²) < 4.78 is 16.2. The smallest absolute Gasteiger partial charge is 0.303 e. The first-order valence-electron chi connectivity index (χ1n) is 7.49. The van der Waals surface area contributed by atoms with E-state index >= 15 is 0 Å². The minimum absolute atomic E-state index is 0.0589. The molecule has 0 aliphatic rings. The van der Waals surface area contributed by atoms with Gasteiger partial charge in [-0.15, -0.1) is 0 Å². The highest BCUT2D eigenvalue weighted by Gasteiger charge is 2.13. The second kappa shape index (κ2) is 7.01. The predicted octanol–water partition coefficient (Wildman–Crippen LogP) is 5.06. The molecule has 0 amide bonds. The fraction of sp³-hybridized carbons (Fsp3) is 0.105. The Labute approximate surface area is 147 Å². The molecule has 24 heavy (non-hydrogen) atoms. The third kappa shape index (κ3) is 3.57. The quantitative estimate of drug-likeness (QED) is 0.664. The van der Waals surface area contributed by atoms with Crippen LogP contribution in [-0.2, 0) is 11.2 Å². The average molecular weight is 388 g/mol. The molecule has 3 rings (SSSR count). The van der Waals surface area contributed by atoms with Gasteiger partial charge in [0.1, 0.15) is 5.82 Å². The molecule has 5 heteroatoms. The summed E-state index contributed by atoms with van der Waals surface area (Å²) in [5, 5.41) is 8.97. The molecule has 0 aliphatic carbocycles. The SMILES string of the molecule is O=C(O)CCc1ccc(-c2ccc(F)cc2)n1-c1ccc(Br)cc1. The summed E-state index contributed by atoms with van der Waals surface area (Å²) in [6, 6.07) is 17.9. The summed E-state index contributed by atoms with van der Waals surface area (Å²) in [7, 11) is 0. The lowest BCUT2D eigenvalue weighted by atomic mass is 10.1. The van der Waals surface area contributed by atoms with Crippen molar-refractivity contribution < 1.29 is 14.3 Å². The first kappa shape index (κ1) is 16.5. The van der Waals surface area contributed by atoms with Crippen LogP contribution in [0, 0.1) is 5.82 Å². The van der Waals surface area contributed by atoms with Crippen molar-refractivity contribution in [2.45, 2.75) is 12.8 Å². The van der Waals surface area contributed by atoms with Crippen LogP contribution in [-0.4, -0.2) is 15.6 Å². The van der Waals surface area contributed by atoms with Crippen LogP contribution < -0.4 is 0 Å². The lowest BCUT2D eigenvalue weighted by Crippen LogP contribution is -2.05. The molecule has 0 saturated carbocycles. The van der Waals surface area contributed by atoms with Crippen molar-refractivity contribution >= 4 is 21.9 Å². The van der Waals surface area contributed by atoms with E-state index in [0.717, 1.165) is 27.1 Å². The van der Waals surface area contributed by atoms with Crippen LogP contribution in [0.5, 0.6) is 0 Å². The standard InChI is InChI=1S/C19H15BrFNO2/c20-14-3-7-16(8-4-14)22-17(10-12-19(23)24)9-11-18(22)13-1-5-15(21)6-2-13/h1-9,11H,10,12H2,(H,23,24). The number of aryl methyl sites for hydroxylation is 1. The van der Waals surface area contributed by atoms with Crippen LogP contribution in [0.3, 0.4) is 0 Å². The Morgan fingerprint density at radius 3 is 2.29 bits per heavy atom. The molecule has 0 fully saturated rings. The molecule has 0 aliphatic heterocycles. The maximum atomic E-state index is 13.2. The highest BCUT2D eigenvalue weighted by Crippen LogP contribution is 2.28. The summed E-state index contributed by atoms with van der Waals surface area (Å²) in [4.78, 5) is 10.9. The molecule has 0 spiro atoms. The maximum absolute atomic E-state index is 13.2. The van der Waals surface area contributed by atoms with E-state index in [-0.39, 0.29) is 12.2 Å². The van der Waals surface area contributed by atoms with Gasteiger partial charge in [-0.3, -0.25) is 4.79 Å². The number of carbonyl (C=O) groups is 1. The van der Waals surface area contributed by atoms with E-state index in [2.05, 4.69) is 15.9 Å². The normalized spacial score (nSPS) is 10.8. The number of hydrogen-bond acceptors (Lipinski definition) is 1. The summed E-state index contributed by atoms with van der Waals surface area (Å²) in [5.41, 5.74) is 3.61. The van der Waals surface area contributed by atoms with Crippen molar-refractivity contribution in [3.05, 3.63) is 76.6 Å². The Kier molecular flexibility index (Phi) is 4.81. The van der Waals surface area contributed by atoms with Gasteiger partial charge < -0.3 is 9.67 Å². The number of nitrogens with zero attached hydrogens (tertiary/aromatic N) is 1. The highest BCUT2D eigenvalue weighted by molar-refractivity contribution is 9.10. The molecule has 1 N–H and O–H groups in total. The molecule has 0 radical (unpaired) electrons. The van der Waals surface area contributed by atoms with E-state index in [9.17, 15) is 9.18 Å². The Hall–Kier alpha value is -2.40. The Bertz CT molecular complexity index is 854. The molecule has 0 saturated heterocycles. The first-order valence-corrected chi connectivity index (χ1v) is 8.28. The van der Waals surface area contributed by atoms with Gasteiger partial charge in [-0.25, -0.2) is 4.39 Å². The zero-order valence-electron chi connectivity index (χ0n) is 12.7. The number of carboxylic acids is 1. The van der Waals surface area contributed by atoms with Crippen LogP contribution in [0.1, 0.15) is 12.1 Å². The minimum Gasteiger partial charge on any atom is -0.481 e. The van der Waals surface area contributed by atoms with Crippen molar-refractivity contribution in [3.63, 3.8) is 0 Å². The predicted molar refractivity (Wildman–Crippen MR) is 94.8 cm³/mol. The van der Waals surface area contributed by atoms with E-state index < -0.39 is 5.97 Å². The second-order valence-corrected chi connectivity index (χ2v) is 6.34. The monoisotopic (exact) mass is 387 g/mol. The van der Waals surface area contributed by atoms with Gasteiger partial charge in [-0.1, -0.05) is 15.9 Å². The minimum atomic E-state index is -0.832. The molecular weight excluding hydrogens is 373 g/mol. The van der Waals surface area contributed by atoms with Crippen LogP contribution >= 0.6 is 15.9 Å². The van der Waals surface area contributed by atoms with Gasteiger partial charge in [0.05, 0.1) is 12.1 Å². The van der Waals surface area contributed by atoms with E-state index in [1.54, 1.807) is 12.1 Å². The number of benzene rings is 2. The van der Waals surface area contributed by atoms with Crippen LogP contribution in [0.15, 0.2) is 65.1 Å². The third-order valence-corrected chi connectivity index (χ3v) is 4.31. The summed E-state index contributed by atoms with van der Waals surface area (Å²) in [6.45, 7) is 0. The number of aliphatic carboxylic acids is 1. The molecule has 122 valence electrons. The van der Waals surface area contributed by atoms with E-state index in [1.807, 2.05) is 41.0 Å². The third-order valence-electron chi connectivity index (χ3n) is 3.78. The lowest BCUT2D eigenvalue weighted by Gasteiger charge is -2.14. The molecule has 0 atom stereocenters. The fourth-order valence-corrected chi connectivity index (χ4v) is 2.91. The van der Waals surface area contributed by atoms with E-state index in [1.165, 1.54) is 12.1 Å². The molecule has 0 bridgehead atoms. The Morgan fingerprint density at radius 2 is 1.67 bits per heavy atom. The van der Waals surface area contributed by atoms with Gasteiger partial charge in [-0.2, -0.15) is 0 Å². The first-order chi connectivity index (χ1) is 11.5. The van der Waals surface area contributed by atoms with Gasteiger partial charge in [0.15, 0.2) is 0 Å². The number of carboxylic acid groups (broad SMARTS) is 1. The highest BCUT2D eigenvalue weighted by atomic mass is 79.9. The largest absolute Gasteiger partial charge is 0.481 e. The molecule has 0 unspecified atom stereocenters. The zero-order valence-corrected chi connectivity index (χ0v) is 14.3. The maximum Gasteiger partial charge on any atom is 0.303 e. The summed E-state index contributed by atoms with van der Waals surface area (Å²) >= 11 is 3.42. The van der Waals surface area contributed by atoms with Crippen molar-refractivity contribution in [1.29, 1.82) is 0 Å². The summed E-state index contributed by atoms with van der Waals surface area (Å²) in [5.74, 6) is -1.12. The fourth-order valence-electron chi connectivity index (χ4n) is 2.65. The molecule has 2 aromatic carbocycles. The lowest BCUT2D eigenvalue weighted by molar-refractivity contribution is -0.136. The van der Waals surface area contributed by atoms with Crippen LogP contribution in [0.2, 0.25) is 0 Å². The number of halogens is 2. The zero-order chi connectivity index (χ0) is 17.1. The Morgan fingerprint density at radius 1 is 1.00 bits per heavy atom. The topological polar surface area (TPSA) is 42.2 Å². The van der Waals surface area contributed by atoms with Crippen LogP contribution in [0.4, 0.5) is 4.39 Å². The molecule has 1 heterocycles. The Balaban J connectivity index is 2.09. The second-order valence-electron chi connectivity index (χ2n) is 5.42. The number of aromatic nitrogens is 1. The van der Waals surface area contributed by atoms with Crippen molar-refractivity contribution in [2.24, 2.45) is 0 Å². The van der Waals surface area contributed by atoms with Gasteiger partial charge >= 0.3 is 5.97 Å². The molecule has 1 aromatic heterocycles. The van der Waals surface area contributed by atoms with Gasteiger partial charge in [0, 0.05) is 15.9 Å².